The molecule has 0 bridgehead atoms. The molecule has 30 heavy (non-hydrogen) atoms. The number of piperidine rings is 2. The van der Waals surface area contributed by atoms with E-state index in [1.807, 2.05) is 9.80 Å². The zero-order chi connectivity index (χ0) is 21.3. The van der Waals surface area contributed by atoms with E-state index in [0.29, 0.717) is 31.3 Å². The van der Waals surface area contributed by atoms with Gasteiger partial charge in [0.05, 0.1) is 12.7 Å². The van der Waals surface area contributed by atoms with Gasteiger partial charge in [0.1, 0.15) is 5.58 Å². The topological polar surface area (TPSA) is 53.8 Å². The molecule has 162 valence electrons. The summed E-state index contributed by atoms with van der Waals surface area (Å²) >= 11 is 0. The number of hydrogen-bond acceptors (Lipinski definition) is 3. The number of carbonyl (C=O) groups is 2. The molecule has 0 atom stereocenters. The summed E-state index contributed by atoms with van der Waals surface area (Å²) in [5.41, 5.74) is 4.34. The Bertz CT molecular complexity index is 916. The summed E-state index contributed by atoms with van der Waals surface area (Å²) in [4.78, 5) is 29.7. The van der Waals surface area contributed by atoms with Crippen LogP contribution in [-0.4, -0.2) is 47.8 Å². The van der Waals surface area contributed by atoms with Gasteiger partial charge in [0, 0.05) is 43.0 Å². The lowest BCUT2D eigenvalue weighted by Gasteiger charge is -2.35. The molecule has 1 aromatic carbocycles. The zero-order valence-corrected chi connectivity index (χ0v) is 18.6. The van der Waals surface area contributed by atoms with Crippen LogP contribution in [0.1, 0.15) is 68.6 Å². The largest absolute Gasteiger partial charge is 0.464 e. The van der Waals surface area contributed by atoms with Gasteiger partial charge in [-0.25, -0.2) is 0 Å². The van der Waals surface area contributed by atoms with Crippen molar-refractivity contribution in [2.24, 2.45) is 5.92 Å². The molecule has 0 saturated carbocycles. The molecule has 0 N–H and O–H groups in total. The van der Waals surface area contributed by atoms with E-state index >= 15 is 0 Å². The summed E-state index contributed by atoms with van der Waals surface area (Å²) in [5, 5.41) is 1.05. The van der Waals surface area contributed by atoms with Crippen molar-refractivity contribution in [2.75, 3.05) is 26.2 Å². The van der Waals surface area contributed by atoms with E-state index in [9.17, 15) is 9.59 Å². The monoisotopic (exact) mass is 410 g/mol. The maximum absolute atomic E-state index is 13.0. The molecule has 2 aliphatic heterocycles. The molecule has 1 aromatic heterocycles. The molecule has 0 spiro atoms. The molecule has 2 amide bonds. The maximum atomic E-state index is 13.0. The summed E-state index contributed by atoms with van der Waals surface area (Å²) in [6.45, 7) is 9.65. The molecule has 5 nitrogen and oxygen atoms in total. The number of hydrogen-bond donors (Lipinski definition) is 0. The average molecular weight is 411 g/mol. The summed E-state index contributed by atoms with van der Waals surface area (Å²) in [5.74, 6) is 0.954. The Morgan fingerprint density at radius 3 is 2.40 bits per heavy atom. The fourth-order valence-corrected chi connectivity index (χ4v) is 5.03. The van der Waals surface area contributed by atoms with Crippen LogP contribution in [0, 0.1) is 12.8 Å². The lowest BCUT2D eigenvalue weighted by Crippen LogP contribution is -2.46. The summed E-state index contributed by atoms with van der Waals surface area (Å²) < 4.78 is 5.75. The van der Waals surface area contributed by atoms with Crippen LogP contribution in [0.5, 0.6) is 0 Å². The maximum Gasteiger partial charge on any atom is 0.227 e. The van der Waals surface area contributed by atoms with Gasteiger partial charge >= 0.3 is 0 Å². The van der Waals surface area contributed by atoms with Crippen molar-refractivity contribution < 1.29 is 14.0 Å². The van der Waals surface area contributed by atoms with Crippen molar-refractivity contribution in [3.05, 3.63) is 35.1 Å². The van der Waals surface area contributed by atoms with Gasteiger partial charge in [-0.05, 0) is 68.2 Å². The first-order valence-electron chi connectivity index (χ1n) is 11.5. The van der Waals surface area contributed by atoms with E-state index in [1.165, 1.54) is 17.5 Å². The van der Waals surface area contributed by atoms with Crippen LogP contribution >= 0.6 is 0 Å². The third-order valence-corrected chi connectivity index (χ3v) is 6.87. The molecule has 4 rings (SSSR count). The van der Waals surface area contributed by atoms with Crippen molar-refractivity contribution in [1.82, 2.24) is 9.80 Å². The zero-order valence-electron chi connectivity index (χ0n) is 18.6. The highest BCUT2D eigenvalue weighted by Gasteiger charge is 2.31. The first-order chi connectivity index (χ1) is 14.4. The van der Waals surface area contributed by atoms with E-state index < -0.39 is 0 Å². The number of aryl methyl sites for hydroxylation is 1. The predicted octanol–water partition coefficient (Wildman–Crippen LogP) is 4.66. The summed E-state index contributed by atoms with van der Waals surface area (Å²) in [6, 6.07) is 4.27. The number of carbonyl (C=O) groups excluding carboxylic acids is 2. The van der Waals surface area contributed by atoms with Gasteiger partial charge in [0.2, 0.25) is 11.8 Å². The quantitative estimate of drug-likeness (QED) is 0.737. The van der Waals surface area contributed by atoms with Gasteiger partial charge in [-0.15, -0.1) is 0 Å². The molecule has 3 heterocycles. The molecule has 5 heteroatoms. The van der Waals surface area contributed by atoms with Gasteiger partial charge in [-0.1, -0.05) is 13.8 Å². The van der Waals surface area contributed by atoms with Gasteiger partial charge in [-0.3, -0.25) is 9.59 Å². The Kier molecular flexibility index (Phi) is 6.16. The molecule has 2 fully saturated rings. The van der Waals surface area contributed by atoms with Crippen molar-refractivity contribution >= 4 is 22.8 Å². The second kappa shape index (κ2) is 8.83. The van der Waals surface area contributed by atoms with Gasteiger partial charge in [-0.2, -0.15) is 0 Å². The highest BCUT2D eigenvalue weighted by atomic mass is 16.3. The van der Waals surface area contributed by atoms with Crippen LogP contribution in [-0.2, 0) is 16.0 Å². The lowest BCUT2D eigenvalue weighted by molar-refractivity contribution is -0.141. The second-order valence-electron chi connectivity index (χ2n) is 9.34. The Hall–Kier alpha value is -2.30. The molecule has 0 radical (unpaired) electrons. The average Bonchev–Trinajstić information content (AvgIpc) is 3.14. The fraction of sp³-hybridized carbons (Fsp3) is 0.600. The fourth-order valence-electron chi connectivity index (χ4n) is 5.03. The Balaban J connectivity index is 1.38. The minimum Gasteiger partial charge on any atom is -0.464 e. The molecule has 0 unspecified atom stereocenters. The highest BCUT2D eigenvalue weighted by molar-refractivity contribution is 5.89. The first-order valence-corrected chi connectivity index (χ1v) is 11.5. The molecule has 2 saturated heterocycles. The van der Waals surface area contributed by atoms with Crippen LogP contribution in [0.2, 0.25) is 0 Å². The van der Waals surface area contributed by atoms with Crippen LogP contribution in [0.3, 0.4) is 0 Å². The SMILES string of the molecule is Cc1cc2occ(CC(=O)N3CCC(C(=O)N4CCCCC4)CC3)c2cc1C(C)C. The number of rotatable bonds is 4. The molecule has 0 aliphatic carbocycles. The van der Waals surface area contributed by atoms with E-state index in [2.05, 4.69) is 32.9 Å². The van der Waals surface area contributed by atoms with E-state index in [0.717, 1.165) is 55.3 Å². The van der Waals surface area contributed by atoms with E-state index in [-0.39, 0.29) is 11.8 Å². The Labute approximate surface area is 179 Å². The number of nitrogens with zero attached hydrogens (tertiary/aromatic N) is 2. The second-order valence-corrected chi connectivity index (χ2v) is 9.34. The van der Waals surface area contributed by atoms with Gasteiger partial charge < -0.3 is 14.2 Å². The summed E-state index contributed by atoms with van der Waals surface area (Å²) in [7, 11) is 0. The Morgan fingerprint density at radius 2 is 1.73 bits per heavy atom. The van der Waals surface area contributed by atoms with Crippen molar-refractivity contribution in [1.29, 1.82) is 0 Å². The number of benzene rings is 1. The standard InChI is InChI=1S/C25H34N2O3/c1-17(2)21-15-22-20(16-30-23(22)13-18(21)3)14-24(28)26-11-7-19(8-12-26)25(29)27-9-5-4-6-10-27/h13,15-17,19H,4-12,14H2,1-3H3. The molecular weight excluding hydrogens is 376 g/mol. The number of likely N-dealkylation sites (tertiary alicyclic amines) is 2. The summed E-state index contributed by atoms with van der Waals surface area (Å²) in [6.07, 6.45) is 7.14. The van der Waals surface area contributed by atoms with Crippen molar-refractivity contribution in [3.8, 4) is 0 Å². The minimum atomic E-state index is 0.0819. The minimum absolute atomic E-state index is 0.0819. The molecule has 2 aromatic rings. The normalized spacial score (nSPS) is 18.4. The smallest absolute Gasteiger partial charge is 0.227 e. The lowest BCUT2D eigenvalue weighted by atomic mass is 9.93. The number of fused-ring (bicyclic) bond motifs is 1. The predicted molar refractivity (Wildman–Crippen MR) is 118 cm³/mol. The first kappa shape index (κ1) is 21.0. The van der Waals surface area contributed by atoms with Gasteiger partial charge in [0.15, 0.2) is 0 Å². The molecular formula is C25H34N2O3. The highest BCUT2D eigenvalue weighted by Crippen LogP contribution is 2.30. The third-order valence-electron chi connectivity index (χ3n) is 6.87. The van der Waals surface area contributed by atoms with Crippen LogP contribution in [0.25, 0.3) is 11.0 Å². The number of furan rings is 1. The van der Waals surface area contributed by atoms with Crippen molar-refractivity contribution in [2.45, 2.75) is 65.2 Å². The molecule has 2 aliphatic rings. The van der Waals surface area contributed by atoms with Crippen LogP contribution in [0.4, 0.5) is 0 Å². The third kappa shape index (κ3) is 4.26. The van der Waals surface area contributed by atoms with E-state index in [4.69, 9.17) is 4.42 Å². The van der Waals surface area contributed by atoms with Crippen molar-refractivity contribution in [3.63, 3.8) is 0 Å². The van der Waals surface area contributed by atoms with Gasteiger partial charge in [0.25, 0.3) is 0 Å². The Morgan fingerprint density at radius 1 is 1.03 bits per heavy atom. The van der Waals surface area contributed by atoms with Crippen LogP contribution in [0.15, 0.2) is 22.8 Å². The van der Waals surface area contributed by atoms with Crippen LogP contribution < -0.4 is 0 Å². The van der Waals surface area contributed by atoms with E-state index in [1.54, 1.807) is 6.26 Å². The number of amides is 2.